The van der Waals surface area contributed by atoms with Crippen molar-refractivity contribution in [2.24, 2.45) is 5.10 Å². The second-order valence-electron chi connectivity index (χ2n) is 5.51. The molecule has 2 aromatic carbocycles. The van der Waals surface area contributed by atoms with Crippen molar-refractivity contribution in [1.29, 1.82) is 0 Å². The summed E-state index contributed by atoms with van der Waals surface area (Å²) in [6, 6.07) is 19.6. The van der Waals surface area contributed by atoms with Crippen LogP contribution in [0.5, 0.6) is 0 Å². The van der Waals surface area contributed by atoms with Crippen LogP contribution in [0.3, 0.4) is 0 Å². The zero-order valence-corrected chi connectivity index (χ0v) is 13.9. The molecule has 0 unspecified atom stereocenters. The SMILES string of the molecule is O=C(Cc1ccccc1)Nc1cccc(C(=O)N/N=C/c2ccco2)c1. The number of carbonyl (C=O) groups is 2. The van der Waals surface area contributed by atoms with E-state index in [1.807, 2.05) is 30.3 Å². The molecule has 26 heavy (non-hydrogen) atoms. The molecule has 3 rings (SSSR count). The Balaban J connectivity index is 1.58. The molecule has 0 fully saturated rings. The van der Waals surface area contributed by atoms with Crippen molar-refractivity contribution in [3.63, 3.8) is 0 Å². The second kappa shape index (κ2) is 8.43. The predicted octanol–water partition coefficient (Wildman–Crippen LogP) is 3.22. The van der Waals surface area contributed by atoms with Crippen molar-refractivity contribution in [3.8, 4) is 0 Å². The van der Waals surface area contributed by atoms with Gasteiger partial charge < -0.3 is 9.73 Å². The molecule has 0 radical (unpaired) electrons. The molecule has 0 spiro atoms. The van der Waals surface area contributed by atoms with E-state index in [-0.39, 0.29) is 18.2 Å². The van der Waals surface area contributed by atoms with Gasteiger partial charge in [0, 0.05) is 11.3 Å². The number of benzene rings is 2. The van der Waals surface area contributed by atoms with Gasteiger partial charge in [0.1, 0.15) is 5.76 Å². The topological polar surface area (TPSA) is 83.7 Å². The van der Waals surface area contributed by atoms with Crippen LogP contribution < -0.4 is 10.7 Å². The Kier molecular flexibility index (Phi) is 5.57. The van der Waals surface area contributed by atoms with Crippen molar-refractivity contribution in [2.75, 3.05) is 5.32 Å². The average Bonchev–Trinajstić information content (AvgIpc) is 3.16. The first-order chi connectivity index (χ1) is 12.7. The summed E-state index contributed by atoms with van der Waals surface area (Å²) < 4.78 is 5.08. The van der Waals surface area contributed by atoms with E-state index in [4.69, 9.17) is 4.42 Å². The summed E-state index contributed by atoms with van der Waals surface area (Å²) in [6.45, 7) is 0. The van der Waals surface area contributed by atoms with Gasteiger partial charge in [0.05, 0.1) is 18.9 Å². The molecule has 1 aromatic heterocycles. The lowest BCUT2D eigenvalue weighted by Gasteiger charge is -2.07. The van der Waals surface area contributed by atoms with Gasteiger partial charge in [0.2, 0.25) is 5.91 Å². The number of carbonyl (C=O) groups excluding carboxylic acids is 2. The van der Waals surface area contributed by atoms with Crippen LogP contribution >= 0.6 is 0 Å². The Morgan fingerprint density at radius 2 is 1.85 bits per heavy atom. The molecule has 0 saturated carbocycles. The van der Waals surface area contributed by atoms with Crippen LogP contribution in [-0.2, 0) is 11.2 Å². The standard InChI is InChI=1S/C20H17N3O3/c24-19(12-15-6-2-1-3-7-15)22-17-9-4-8-16(13-17)20(25)23-21-14-18-10-5-11-26-18/h1-11,13-14H,12H2,(H,22,24)(H,23,25)/b21-14+. The molecule has 2 N–H and O–H groups in total. The summed E-state index contributed by atoms with van der Waals surface area (Å²) in [5.74, 6) is 0.00351. The lowest BCUT2D eigenvalue weighted by Crippen LogP contribution is -2.18. The van der Waals surface area contributed by atoms with Crippen molar-refractivity contribution < 1.29 is 14.0 Å². The highest BCUT2D eigenvalue weighted by Gasteiger charge is 2.08. The van der Waals surface area contributed by atoms with Crippen molar-refractivity contribution in [3.05, 3.63) is 89.9 Å². The number of anilines is 1. The largest absolute Gasteiger partial charge is 0.463 e. The Morgan fingerprint density at radius 3 is 2.62 bits per heavy atom. The number of nitrogens with one attached hydrogen (secondary N) is 2. The smallest absolute Gasteiger partial charge is 0.271 e. The van der Waals surface area contributed by atoms with Gasteiger partial charge in [-0.1, -0.05) is 36.4 Å². The second-order valence-corrected chi connectivity index (χ2v) is 5.51. The Hall–Kier alpha value is -3.67. The van der Waals surface area contributed by atoms with Crippen molar-refractivity contribution in [1.82, 2.24) is 5.43 Å². The minimum atomic E-state index is -0.382. The molecule has 2 amide bonds. The molecule has 0 saturated heterocycles. The normalized spacial score (nSPS) is 10.6. The maximum Gasteiger partial charge on any atom is 0.271 e. The molecule has 6 heteroatoms. The van der Waals surface area contributed by atoms with Crippen LogP contribution in [0.15, 0.2) is 82.5 Å². The van der Waals surface area contributed by atoms with E-state index in [0.29, 0.717) is 17.0 Å². The average molecular weight is 347 g/mol. The quantitative estimate of drug-likeness (QED) is 0.530. The number of nitrogens with zero attached hydrogens (tertiary/aromatic N) is 1. The third-order valence-corrected chi connectivity index (χ3v) is 3.52. The first-order valence-corrected chi connectivity index (χ1v) is 8.01. The summed E-state index contributed by atoms with van der Waals surface area (Å²) in [7, 11) is 0. The molecule has 0 bridgehead atoms. The summed E-state index contributed by atoms with van der Waals surface area (Å²) in [5.41, 5.74) is 4.28. The third kappa shape index (κ3) is 4.91. The Morgan fingerprint density at radius 1 is 1.00 bits per heavy atom. The highest BCUT2D eigenvalue weighted by molar-refractivity contribution is 5.97. The van der Waals surface area contributed by atoms with Gasteiger partial charge in [-0.05, 0) is 35.9 Å². The summed E-state index contributed by atoms with van der Waals surface area (Å²) in [4.78, 5) is 24.3. The Labute approximate surface area is 150 Å². The van der Waals surface area contributed by atoms with Crippen molar-refractivity contribution in [2.45, 2.75) is 6.42 Å². The van der Waals surface area contributed by atoms with Gasteiger partial charge in [-0.3, -0.25) is 9.59 Å². The Bertz CT molecular complexity index is 903. The predicted molar refractivity (Wildman–Crippen MR) is 99.0 cm³/mol. The molecule has 6 nitrogen and oxygen atoms in total. The monoisotopic (exact) mass is 347 g/mol. The molecule has 1 heterocycles. The van der Waals surface area contributed by atoms with E-state index >= 15 is 0 Å². The highest BCUT2D eigenvalue weighted by atomic mass is 16.3. The van der Waals surface area contributed by atoms with Gasteiger partial charge in [0.25, 0.3) is 5.91 Å². The van der Waals surface area contributed by atoms with Crippen LogP contribution in [0.2, 0.25) is 0 Å². The number of hydrogen-bond donors (Lipinski definition) is 2. The van der Waals surface area contributed by atoms with Crippen LogP contribution in [0.25, 0.3) is 0 Å². The van der Waals surface area contributed by atoms with Crippen LogP contribution in [0, 0.1) is 0 Å². The van der Waals surface area contributed by atoms with E-state index in [1.165, 1.54) is 12.5 Å². The number of furan rings is 1. The van der Waals surface area contributed by atoms with E-state index in [9.17, 15) is 9.59 Å². The molecule has 0 atom stereocenters. The number of hydrazone groups is 1. The fourth-order valence-electron chi connectivity index (χ4n) is 2.31. The zero-order chi connectivity index (χ0) is 18.2. The number of rotatable bonds is 6. The lowest BCUT2D eigenvalue weighted by atomic mass is 10.1. The third-order valence-electron chi connectivity index (χ3n) is 3.52. The van der Waals surface area contributed by atoms with Gasteiger partial charge in [-0.15, -0.1) is 0 Å². The van der Waals surface area contributed by atoms with E-state index < -0.39 is 0 Å². The van der Waals surface area contributed by atoms with Crippen LogP contribution in [-0.4, -0.2) is 18.0 Å². The minimum Gasteiger partial charge on any atom is -0.463 e. The summed E-state index contributed by atoms with van der Waals surface area (Å²) >= 11 is 0. The van der Waals surface area contributed by atoms with Crippen LogP contribution in [0.4, 0.5) is 5.69 Å². The van der Waals surface area contributed by atoms with E-state index in [1.54, 1.807) is 36.4 Å². The first kappa shape index (κ1) is 17.2. The van der Waals surface area contributed by atoms with Gasteiger partial charge in [-0.2, -0.15) is 5.10 Å². The molecule has 0 aliphatic heterocycles. The molecular formula is C20H17N3O3. The number of amides is 2. The first-order valence-electron chi connectivity index (χ1n) is 8.01. The molecular weight excluding hydrogens is 330 g/mol. The molecule has 130 valence electrons. The van der Waals surface area contributed by atoms with E-state index in [2.05, 4.69) is 15.8 Å². The van der Waals surface area contributed by atoms with Gasteiger partial charge in [0.15, 0.2) is 0 Å². The minimum absolute atomic E-state index is 0.149. The molecule has 3 aromatic rings. The maximum absolute atomic E-state index is 12.1. The fraction of sp³-hybridized carbons (Fsp3) is 0.0500. The maximum atomic E-state index is 12.1. The summed E-state index contributed by atoms with van der Waals surface area (Å²) in [5, 5.41) is 6.62. The highest BCUT2D eigenvalue weighted by Crippen LogP contribution is 2.12. The zero-order valence-electron chi connectivity index (χ0n) is 13.9. The number of hydrogen-bond acceptors (Lipinski definition) is 4. The molecule has 0 aliphatic rings. The fourth-order valence-corrected chi connectivity index (χ4v) is 2.31. The lowest BCUT2D eigenvalue weighted by molar-refractivity contribution is -0.115. The molecule has 0 aliphatic carbocycles. The summed E-state index contributed by atoms with van der Waals surface area (Å²) in [6.07, 6.45) is 3.19. The van der Waals surface area contributed by atoms with Gasteiger partial charge >= 0.3 is 0 Å². The van der Waals surface area contributed by atoms with E-state index in [0.717, 1.165) is 5.56 Å². The van der Waals surface area contributed by atoms with Gasteiger partial charge in [-0.25, -0.2) is 5.43 Å². The van der Waals surface area contributed by atoms with Crippen LogP contribution in [0.1, 0.15) is 21.7 Å². The van der Waals surface area contributed by atoms with Crippen molar-refractivity contribution >= 4 is 23.7 Å².